The second-order valence-corrected chi connectivity index (χ2v) is 10.5. The van der Waals surface area contributed by atoms with Crippen molar-refractivity contribution in [2.45, 2.75) is 94.8 Å². The van der Waals surface area contributed by atoms with Crippen molar-refractivity contribution in [3.8, 4) is 0 Å². The minimum absolute atomic E-state index is 0. The molecule has 1 saturated heterocycles. The molecule has 5 rings (SSSR count). The third kappa shape index (κ3) is 7.21. The number of ether oxygens (including phenoxy) is 1. The average molecular weight is 570 g/mol. The number of carbonyl (C=O) groups is 1. The number of aromatic nitrogens is 4. The number of nitrogens with one attached hydrogen (secondary N) is 2. The summed E-state index contributed by atoms with van der Waals surface area (Å²) in [5.41, 5.74) is 7.83. The summed E-state index contributed by atoms with van der Waals surface area (Å²) in [5.74, 6) is 1.44. The number of imidazole rings is 1. The topological polar surface area (TPSA) is 123 Å². The quantitative estimate of drug-likeness (QED) is 0.298. The van der Waals surface area contributed by atoms with Gasteiger partial charge in [0.25, 0.3) is 0 Å². The molecule has 3 heterocycles. The molecule has 0 aromatic carbocycles. The van der Waals surface area contributed by atoms with Crippen LogP contribution >= 0.6 is 24.8 Å². The SMILES string of the molecule is C=CCCOC(=O)N1CCC(Nc2nc(NC3CCC(N)CC3)nc3c2ncn3C2CCCC2)CC1.Cl.Cl. The highest BCUT2D eigenvalue weighted by Crippen LogP contribution is 2.34. The number of hydrogen-bond donors (Lipinski definition) is 3. The van der Waals surface area contributed by atoms with Crippen molar-refractivity contribution in [3.05, 3.63) is 19.0 Å². The lowest BCUT2D eigenvalue weighted by molar-refractivity contribution is 0.0953. The Labute approximate surface area is 237 Å². The van der Waals surface area contributed by atoms with Crippen LogP contribution in [0.2, 0.25) is 0 Å². The van der Waals surface area contributed by atoms with Crippen molar-refractivity contribution in [2.24, 2.45) is 5.73 Å². The van der Waals surface area contributed by atoms with Crippen molar-refractivity contribution in [1.29, 1.82) is 0 Å². The lowest BCUT2D eigenvalue weighted by atomic mass is 9.92. The van der Waals surface area contributed by atoms with Gasteiger partial charge in [-0.25, -0.2) is 9.78 Å². The molecule has 4 N–H and O–H groups in total. The van der Waals surface area contributed by atoms with Gasteiger partial charge in [0, 0.05) is 37.3 Å². The maximum Gasteiger partial charge on any atom is 0.409 e. The summed E-state index contributed by atoms with van der Waals surface area (Å²) in [6.07, 6.45) is 14.7. The van der Waals surface area contributed by atoms with Crippen LogP contribution in [0.15, 0.2) is 19.0 Å². The van der Waals surface area contributed by atoms with Gasteiger partial charge < -0.3 is 30.6 Å². The first-order valence-corrected chi connectivity index (χ1v) is 13.7. The molecule has 38 heavy (non-hydrogen) atoms. The van der Waals surface area contributed by atoms with Gasteiger partial charge in [0.2, 0.25) is 5.95 Å². The highest BCUT2D eigenvalue weighted by atomic mass is 35.5. The number of piperidine rings is 1. The summed E-state index contributed by atoms with van der Waals surface area (Å²) in [4.78, 5) is 28.7. The lowest BCUT2D eigenvalue weighted by Crippen LogP contribution is -2.42. The van der Waals surface area contributed by atoms with E-state index < -0.39 is 0 Å². The number of likely N-dealkylation sites (tertiary alicyclic amines) is 1. The summed E-state index contributed by atoms with van der Waals surface area (Å²) >= 11 is 0. The summed E-state index contributed by atoms with van der Waals surface area (Å²) in [6.45, 7) is 5.36. The molecule has 0 radical (unpaired) electrons. The van der Waals surface area contributed by atoms with Gasteiger partial charge in [0.15, 0.2) is 17.0 Å². The third-order valence-corrected chi connectivity index (χ3v) is 7.89. The van der Waals surface area contributed by atoms with E-state index in [0.29, 0.717) is 50.2 Å². The molecule has 2 aliphatic carbocycles. The lowest BCUT2D eigenvalue weighted by Gasteiger charge is -2.32. The zero-order valence-electron chi connectivity index (χ0n) is 22.0. The molecule has 3 aliphatic rings. The molecule has 12 heteroatoms. The largest absolute Gasteiger partial charge is 0.449 e. The van der Waals surface area contributed by atoms with Crippen LogP contribution < -0.4 is 16.4 Å². The molecular formula is C26H42Cl2N8O2. The van der Waals surface area contributed by atoms with Gasteiger partial charge in [0.05, 0.1) is 12.9 Å². The van der Waals surface area contributed by atoms with Crippen molar-refractivity contribution in [2.75, 3.05) is 30.3 Å². The van der Waals surface area contributed by atoms with E-state index in [1.54, 1.807) is 11.0 Å². The van der Waals surface area contributed by atoms with Gasteiger partial charge in [-0.15, -0.1) is 31.4 Å². The van der Waals surface area contributed by atoms with Gasteiger partial charge in [-0.1, -0.05) is 18.9 Å². The monoisotopic (exact) mass is 568 g/mol. The molecule has 0 unspecified atom stereocenters. The van der Waals surface area contributed by atoms with Crippen molar-refractivity contribution in [1.82, 2.24) is 24.4 Å². The fourth-order valence-electron chi connectivity index (χ4n) is 5.70. The Morgan fingerprint density at radius 3 is 2.39 bits per heavy atom. The van der Waals surface area contributed by atoms with Gasteiger partial charge >= 0.3 is 6.09 Å². The molecule has 1 amide bonds. The maximum atomic E-state index is 12.3. The molecule has 1 aliphatic heterocycles. The molecule has 3 fully saturated rings. The van der Waals surface area contributed by atoms with Crippen LogP contribution in [0.4, 0.5) is 16.6 Å². The first kappa shape index (κ1) is 30.2. The molecule has 2 saturated carbocycles. The van der Waals surface area contributed by atoms with Gasteiger partial charge in [-0.05, 0) is 57.8 Å². The Morgan fingerprint density at radius 2 is 1.71 bits per heavy atom. The molecule has 0 spiro atoms. The number of anilines is 2. The molecule has 2 aromatic rings. The number of fused-ring (bicyclic) bond motifs is 1. The van der Waals surface area contributed by atoms with Crippen LogP contribution in [0.5, 0.6) is 0 Å². The number of carbonyl (C=O) groups excluding carboxylic acids is 1. The first-order valence-electron chi connectivity index (χ1n) is 13.7. The van der Waals surface area contributed by atoms with Gasteiger partial charge in [0.1, 0.15) is 0 Å². The van der Waals surface area contributed by atoms with E-state index in [0.717, 1.165) is 55.5 Å². The van der Waals surface area contributed by atoms with Crippen LogP contribution in [0.3, 0.4) is 0 Å². The zero-order chi connectivity index (χ0) is 24.9. The fraction of sp³-hybridized carbons (Fsp3) is 0.692. The molecule has 0 atom stereocenters. The summed E-state index contributed by atoms with van der Waals surface area (Å²) in [5, 5.41) is 7.24. The molecule has 0 bridgehead atoms. The minimum Gasteiger partial charge on any atom is -0.449 e. The summed E-state index contributed by atoms with van der Waals surface area (Å²) < 4.78 is 7.57. The number of halogens is 2. The molecule has 212 valence electrons. The molecule has 2 aromatic heterocycles. The Bertz CT molecular complexity index is 1050. The fourth-order valence-corrected chi connectivity index (χ4v) is 5.70. The smallest absolute Gasteiger partial charge is 0.409 e. The standard InChI is InChI=1S/C26H40N8O2.2ClH/c1-2-3-16-36-26(35)33-14-12-20(13-15-33)29-23-22-24(34(17-28-22)21-6-4-5-7-21)32-25(31-23)30-19-10-8-18(27)9-11-19;;/h2,17-21H,1,3-16,27H2,(H2,29,30,31,32);2*1H. The van der Waals surface area contributed by atoms with Crippen LogP contribution in [-0.2, 0) is 4.74 Å². The zero-order valence-corrected chi connectivity index (χ0v) is 23.7. The Balaban J connectivity index is 0.00000200. The first-order chi connectivity index (χ1) is 17.6. The number of nitrogens with zero attached hydrogens (tertiary/aromatic N) is 5. The van der Waals surface area contributed by atoms with Crippen molar-refractivity contribution < 1.29 is 9.53 Å². The predicted molar refractivity (Wildman–Crippen MR) is 156 cm³/mol. The number of nitrogens with two attached hydrogens (primary N) is 1. The van der Waals surface area contributed by atoms with Crippen LogP contribution in [0.25, 0.3) is 11.2 Å². The van der Waals surface area contributed by atoms with E-state index >= 15 is 0 Å². The van der Waals surface area contributed by atoms with E-state index in [1.807, 2.05) is 6.33 Å². The van der Waals surface area contributed by atoms with E-state index in [2.05, 4.69) is 21.8 Å². The number of amides is 1. The minimum atomic E-state index is -0.242. The summed E-state index contributed by atoms with van der Waals surface area (Å²) in [6, 6.07) is 1.30. The normalized spacial score (nSPS) is 22.4. The predicted octanol–water partition coefficient (Wildman–Crippen LogP) is 5.06. The molecule has 10 nitrogen and oxygen atoms in total. The van der Waals surface area contributed by atoms with Gasteiger partial charge in [-0.3, -0.25) is 0 Å². The number of hydrogen-bond acceptors (Lipinski definition) is 8. The van der Waals surface area contributed by atoms with E-state index in [-0.39, 0.29) is 36.9 Å². The second kappa shape index (κ2) is 14.2. The maximum absolute atomic E-state index is 12.3. The van der Waals surface area contributed by atoms with Crippen LogP contribution in [0, 0.1) is 0 Å². The van der Waals surface area contributed by atoms with Crippen molar-refractivity contribution >= 4 is 53.8 Å². The Morgan fingerprint density at radius 1 is 1.03 bits per heavy atom. The summed E-state index contributed by atoms with van der Waals surface area (Å²) in [7, 11) is 0. The highest BCUT2D eigenvalue weighted by Gasteiger charge is 2.27. The van der Waals surface area contributed by atoms with E-state index in [1.165, 1.54) is 25.7 Å². The molecular weight excluding hydrogens is 527 g/mol. The van der Waals surface area contributed by atoms with Gasteiger partial charge in [-0.2, -0.15) is 9.97 Å². The highest BCUT2D eigenvalue weighted by molar-refractivity contribution is 5.86. The van der Waals surface area contributed by atoms with Crippen LogP contribution in [0.1, 0.15) is 76.7 Å². The van der Waals surface area contributed by atoms with Crippen molar-refractivity contribution in [3.63, 3.8) is 0 Å². The Hall–Kier alpha value is -2.30. The second-order valence-electron chi connectivity index (χ2n) is 10.5. The van der Waals surface area contributed by atoms with E-state index in [4.69, 9.17) is 25.4 Å². The number of rotatable bonds is 8. The Kier molecular flexibility index (Phi) is 11.3. The van der Waals surface area contributed by atoms with Crippen LogP contribution in [-0.4, -0.2) is 68.3 Å². The van der Waals surface area contributed by atoms with E-state index in [9.17, 15) is 4.79 Å². The third-order valence-electron chi connectivity index (χ3n) is 7.89. The average Bonchev–Trinajstić information content (AvgIpc) is 3.56.